The summed E-state index contributed by atoms with van der Waals surface area (Å²) >= 11 is 1.54. The highest BCUT2D eigenvalue weighted by atomic mass is 32.1. The molecule has 1 N–H and O–H groups in total. The molecule has 1 aliphatic rings. The second-order valence-electron chi connectivity index (χ2n) is 4.49. The molecule has 0 radical (unpaired) electrons. The van der Waals surface area contributed by atoms with Crippen molar-refractivity contribution in [3.63, 3.8) is 0 Å². The van der Waals surface area contributed by atoms with Crippen LogP contribution < -0.4 is 5.32 Å². The quantitative estimate of drug-likeness (QED) is 0.922. The van der Waals surface area contributed by atoms with Gasteiger partial charge in [0.2, 0.25) is 0 Å². The summed E-state index contributed by atoms with van der Waals surface area (Å²) in [5.74, 6) is 0.00620. The molecule has 1 atom stereocenters. The minimum absolute atomic E-state index is 0.00620. The Morgan fingerprint density at radius 2 is 2.33 bits per heavy atom. The third-order valence-corrected chi connectivity index (χ3v) is 4.28. The molecule has 0 spiro atoms. The topological polar surface area (TPSA) is 38.3 Å². The number of thiophene rings is 1. The fourth-order valence-electron chi connectivity index (χ4n) is 2.19. The minimum Gasteiger partial charge on any atom is -0.376 e. The summed E-state index contributed by atoms with van der Waals surface area (Å²) in [6.07, 6.45) is 2.35. The maximum Gasteiger partial charge on any atom is 0.261 e. The zero-order valence-corrected chi connectivity index (χ0v) is 10.8. The highest BCUT2D eigenvalue weighted by Gasteiger charge is 2.17. The molecule has 1 aromatic carbocycles. The number of rotatable bonds is 3. The van der Waals surface area contributed by atoms with Gasteiger partial charge in [0.25, 0.3) is 5.91 Å². The molecule has 0 aliphatic carbocycles. The third kappa shape index (κ3) is 2.40. The molecule has 1 aliphatic heterocycles. The van der Waals surface area contributed by atoms with Gasteiger partial charge in [0, 0.05) is 17.9 Å². The average molecular weight is 261 g/mol. The van der Waals surface area contributed by atoms with E-state index in [-0.39, 0.29) is 12.0 Å². The highest BCUT2D eigenvalue weighted by molar-refractivity contribution is 7.20. The Bertz CT molecular complexity index is 525. The zero-order valence-electron chi connectivity index (χ0n) is 10.0. The number of nitrogens with one attached hydrogen (secondary N) is 1. The van der Waals surface area contributed by atoms with Gasteiger partial charge in [-0.15, -0.1) is 11.3 Å². The number of fused-ring (bicyclic) bond motifs is 1. The van der Waals surface area contributed by atoms with Crippen molar-refractivity contribution in [2.24, 2.45) is 0 Å². The number of carbonyl (C=O) groups excluding carboxylic acids is 1. The van der Waals surface area contributed by atoms with E-state index in [2.05, 4.69) is 5.32 Å². The van der Waals surface area contributed by atoms with Crippen LogP contribution in [-0.4, -0.2) is 25.2 Å². The van der Waals surface area contributed by atoms with Gasteiger partial charge in [-0.05, 0) is 30.4 Å². The van der Waals surface area contributed by atoms with E-state index in [4.69, 9.17) is 4.74 Å². The van der Waals surface area contributed by atoms with E-state index >= 15 is 0 Å². The van der Waals surface area contributed by atoms with Gasteiger partial charge in [-0.25, -0.2) is 0 Å². The van der Waals surface area contributed by atoms with E-state index in [1.54, 1.807) is 0 Å². The predicted molar refractivity (Wildman–Crippen MR) is 73.1 cm³/mol. The number of hydrogen-bond donors (Lipinski definition) is 1. The van der Waals surface area contributed by atoms with Crippen LogP contribution in [0.15, 0.2) is 30.3 Å². The van der Waals surface area contributed by atoms with Crippen LogP contribution in [0.4, 0.5) is 0 Å². The molecule has 3 rings (SSSR count). The molecule has 1 fully saturated rings. The Kier molecular flexibility index (Phi) is 3.30. The number of carbonyl (C=O) groups is 1. The van der Waals surface area contributed by atoms with Crippen LogP contribution in [0.2, 0.25) is 0 Å². The first-order valence-electron chi connectivity index (χ1n) is 6.21. The Labute approximate surface area is 110 Å². The number of benzene rings is 1. The Hall–Kier alpha value is -1.39. The minimum atomic E-state index is 0.00620. The molecule has 94 valence electrons. The van der Waals surface area contributed by atoms with Crippen molar-refractivity contribution in [1.29, 1.82) is 0 Å². The maximum absolute atomic E-state index is 12.0. The van der Waals surface area contributed by atoms with Gasteiger partial charge >= 0.3 is 0 Å². The van der Waals surface area contributed by atoms with E-state index in [1.807, 2.05) is 30.3 Å². The first-order valence-corrected chi connectivity index (χ1v) is 7.03. The molecule has 2 aromatic rings. The SMILES string of the molecule is O=C(NC[C@H]1CCCO1)c1cc2ccccc2s1. The van der Waals surface area contributed by atoms with Gasteiger partial charge in [0.1, 0.15) is 0 Å². The molecular formula is C14H15NO2S. The monoisotopic (exact) mass is 261 g/mol. The maximum atomic E-state index is 12.0. The van der Waals surface area contributed by atoms with Crippen molar-refractivity contribution in [3.05, 3.63) is 35.2 Å². The van der Waals surface area contributed by atoms with Crippen molar-refractivity contribution < 1.29 is 9.53 Å². The summed E-state index contributed by atoms with van der Waals surface area (Å²) in [6, 6.07) is 10.0. The van der Waals surface area contributed by atoms with Crippen molar-refractivity contribution in [2.45, 2.75) is 18.9 Å². The van der Waals surface area contributed by atoms with Gasteiger partial charge in [0.15, 0.2) is 0 Å². The predicted octanol–water partition coefficient (Wildman–Crippen LogP) is 2.81. The van der Waals surface area contributed by atoms with Gasteiger partial charge in [-0.3, -0.25) is 4.79 Å². The summed E-state index contributed by atoms with van der Waals surface area (Å²) in [7, 11) is 0. The van der Waals surface area contributed by atoms with E-state index in [0.29, 0.717) is 6.54 Å². The largest absolute Gasteiger partial charge is 0.376 e. The normalized spacial score (nSPS) is 19.2. The second kappa shape index (κ2) is 5.08. The molecule has 0 unspecified atom stereocenters. The molecule has 1 saturated heterocycles. The Balaban J connectivity index is 1.67. The molecule has 1 amide bonds. The molecule has 2 heterocycles. The average Bonchev–Trinajstić information content (AvgIpc) is 3.04. The van der Waals surface area contributed by atoms with Crippen molar-refractivity contribution in [2.75, 3.05) is 13.2 Å². The van der Waals surface area contributed by atoms with E-state index < -0.39 is 0 Å². The fraction of sp³-hybridized carbons (Fsp3) is 0.357. The third-order valence-electron chi connectivity index (χ3n) is 3.16. The van der Waals surface area contributed by atoms with Crippen LogP contribution >= 0.6 is 11.3 Å². The van der Waals surface area contributed by atoms with Crippen LogP contribution in [0.3, 0.4) is 0 Å². The lowest BCUT2D eigenvalue weighted by Gasteiger charge is -2.09. The van der Waals surface area contributed by atoms with Crippen LogP contribution in [0.25, 0.3) is 10.1 Å². The summed E-state index contributed by atoms with van der Waals surface area (Å²) in [4.78, 5) is 12.8. The van der Waals surface area contributed by atoms with E-state index in [0.717, 1.165) is 34.4 Å². The van der Waals surface area contributed by atoms with Crippen LogP contribution in [0.5, 0.6) is 0 Å². The fourth-order valence-corrected chi connectivity index (χ4v) is 3.17. The van der Waals surface area contributed by atoms with Gasteiger partial charge in [0.05, 0.1) is 11.0 Å². The van der Waals surface area contributed by atoms with Crippen LogP contribution in [-0.2, 0) is 4.74 Å². The van der Waals surface area contributed by atoms with Gasteiger partial charge in [-0.2, -0.15) is 0 Å². The van der Waals surface area contributed by atoms with Gasteiger partial charge in [-0.1, -0.05) is 18.2 Å². The van der Waals surface area contributed by atoms with Crippen LogP contribution in [0.1, 0.15) is 22.5 Å². The van der Waals surface area contributed by atoms with Crippen LogP contribution in [0, 0.1) is 0 Å². The highest BCUT2D eigenvalue weighted by Crippen LogP contribution is 2.25. The first-order chi connectivity index (χ1) is 8.83. The first kappa shape index (κ1) is 11.7. The summed E-state index contributed by atoms with van der Waals surface area (Å²) < 4.78 is 6.64. The molecule has 4 heteroatoms. The number of hydrogen-bond acceptors (Lipinski definition) is 3. The zero-order chi connectivity index (χ0) is 12.4. The summed E-state index contributed by atoms with van der Waals surface area (Å²) in [6.45, 7) is 1.44. The molecule has 3 nitrogen and oxygen atoms in total. The van der Waals surface area contributed by atoms with E-state index in [9.17, 15) is 4.79 Å². The molecule has 0 saturated carbocycles. The van der Waals surface area contributed by atoms with Crippen molar-refractivity contribution >= 4 is 27.3 Å². The lowest BCUT2D eigenvalue weighted by Crippen LogP contribution is -2.31. The second-order valence-corrected chi connectivity index (χ2v) is 5.58. The Morgan fingerprint density at radius 1 is 1.44 bits per heavy atom. The number of ether oxygens (including phenoxy) is 1. The molecular weight excluding hydrogens is 246 g/mol. The molecule has 1 aromatic heterocycles. The lowest BCUT2D eigenvalue weighted by atomic mass is 10.2. The van der Waals surface area contributed by atoms with E-state index in [1.165, 1.54) is 11.3 Å². The van der Waals surface area contributed by atoms with Gasteiger partial charge < -0.3 is 10.1 Å². The summed E-state index contributed by atoms with van der Waals surface area (Å²) in [5, 5.41) is 4.08. The van der Waals surface area contributed by atoms with Crippen molar-refractivity contribution in [1.82, 2.24) is 5.32 Å². The lowest BCUT2D eigenvalue weighted by molar-refractivity contribution is 0.0861. The molecule has 0 bridgehead atoms. The smallest absolute Gasteiger partial charge is 0.261 e. The van der Waals surface area contributed by atoms with Crippen molar-refractivity contribution in [3.8, 4) is 0 Å². The standard InChI is InChI=1S/C14H15NO2S/c16-14(15-9-11-5-3-7-17-11)13-8-10-4-1-2-6-12(10)18-13/h1-2,4,6,8,11H,3,5,7,9H2,(H,15,16)/t11-/m1/s1. The Morgan fingerprint density at radius 3 is 3.11 bits per heavy atom. The number of amides is 1. The molecule has 18 heavy (non-hydrogen) atoms. The summed E-state index contributed by atoms with van der Waals surface area (Å²) in [5.41, 5.74) is 0.